The summed E-state index contributed by atoms with van der Waals surface area (Å²) >= 11 is 6.26. The van der Waals surface area contributed by atoms with Gasteiger partial charge in [-0.2, -0.15) is 5.10 Å². The molecule has 18 heavy (non-hydrogen) atoms. The third kappa shape index (κ3) is 5.49. The number of hydrazone groups is 1. The van der Waals surface area contributed by atoms with Crippen molar-refractivity contribution < 1.29 is 17.9 Å². The van der Waals surface area contributed by atoms with Crippen molar-refractivity contribution in [1.82, 2.24) is 5.43 Å². The fraction of sp³-hybridized carbons (Fsp3) is 0.111. The van der Waals surface area contributed by atoms with Crippen LogP contribution < -0.4 is 15.9 Å². The largest absolute Gasteiger partial charge is 0.573 e. The number of nitrogens with zero attached hydrogens (tertiary/aromatic N) is 1. The molecular weight excluding hydrogens is 382 g/mol. The van der Waals surface area contributed by atoms with E-state index < -0.39 is 6.36 Å². The number of ether oxygens (including phenoxy) is 1. The molecule has 0 amide bonds. The molecule has 0 unspecified atom stereocenters. The first kappa shape index (κ1) is 15.0. The van der Waals surface area contributed by atoms with E-state index in [2.05, 4.69) is 27.5 Å². The van der Waals surface area contributed by atoms with Crippen LogP contribution in [-0.4, -0.2) is 17.7 Å². The predicted molar refractivity (Wildman–Crippen MR) is 73.4 cm³/mol. The second-order valence-electron chi connectivity index (χ2n) is 2.97. The molecule has 1 aromatic rings. The van der Waals surface area contributed by atoms with E-state index in [4.69, 9.17) is 5.73 Å². The Morgan fingerprint density at radius 1 is 1.50 bits per heavy atom. The van der Waals surface area contributed by atoms with Crippen molar-refractivity contribution in [2.45, 2.75) is 6.36 Å². The summed E-state index contributed by atoms with van der Waals surface area (Å²) in [7, 11) is 0. The third-order valence-corrected chi connectivity index (χ3v) is 2.50. The summed E-state index contributed by atoms with van der Waals surface area (Å²) in [6, 6.07) is 4.11. The van der Waals surface area contributed by atoms with E-state index >= 15 is 0 Å². The number of benzene rings is 1. The first-order valence-corrected chi connectivity index (χ1v) is 5.90. The maximum atomic E-state index is 12.0. The van der Waals surface area contributed by atoms with Gasteiger partial charge in [-0.25, -0.2) is 0 Å². The molecule has 98 valence electrons. The number of rotatable bonds is 3. The minimum absolute atomic E-state index is 0.00188. The lowest BCUT2D eigenvalue weighted by atomic mass is 10.2. The van der Waals surface area contributed by atoms with Crippen molar-refractivity contribution >= 4 is 46.1 Å². The number of hydrogen-bond acceptors (Lipinski definition) is 3. The number of nitrogens with two attached hydrogens (primary N) is 1. The van der Waals surface area contributed by atoms with Crippen LogP contribution in [0, 0.1) is 3.57 Å². The van der Waals surface area contributed by atoms with Gasteiger partial charge in [-0.15, -0.1) is 13.2 Å². The van der Waals surface area contributed by atoms with Crippen molar-refractivity contribution in [2.75, 3.05) is 0 Å². The molecule has 0 heterocycles. The Kier molecular flexibility index (Phi) is 5.14. The summed E-state index contributed by atoms with van der Waals surface area (Å²) in [5.74, 6) is -0.262. The molecule has 4 nitrogen and oxygen atoms in total. The molecule has 0 aromatic heterocycles. The fourth-order valence-electron chi connectivity index (χ4n) is 0.975. The van der Waals surface area contributed by atoms with E-state index in [1.54, 1.807) is 22.6 Å². The second kappa shape index (κ2) is 6.18. The van der Waals surface area contributed by atoms with E-state index in [-0.39, 0.29) is 10.9 Å². The average Bonchev–Trinajstić information content (AvgIpc) is 2.19. The van der Waals surface area contributed by atoms with Gasteiger partial charge in [0, 0.05) is 0 Å². The van der Waals surface area contributed by atoms with Crippen LogP contribution in [-0.2, 0) is 0 Å². The molecule has 0 aliphatic heterocycles. The average molecular weight is 389 g/mol. The highest BCUT2D eigenvalue weighted by Gasteiger charge is 2.31. The van der Waals surface area contributed by atoms with E-state index in [0.29, 0.717) is 9.13 Å². The van der Waals surface area contributed by atoms with E-state index in [1.807, 2.05) is 0 Å². The van der Waals surface area contributed by atoms with Gasteiger partial charge in [0.25, 0.3) is 0 Å². The van der Waals surface area contributed by atoms with Crippen LogP contribution in [0.3, 0.4) is 0 Å². The van der Waals surface area contributed by atoms with Gasteiger partial charge in [0.2, 0.25) is 0 Å². The SMILES string of the molecule is NC(=S)NN=Cc1ccc(OC(F)(F)F)c(I)c1. The predicted octanol–water partition coefficient (Wildman–Crippen LogP) is 2.36. The first-order valence-electron chi connectivity index (χ1n) is 4.42. The van der Waals surface area contributed by atoms with Gasteiger partial charge in [-0.3, -0.25) is 5.43 Å². The zero-order valence-corrected chi connectivity index (χ0v) is 11.6. The molecule has 0 spiro atoms. The molecule has 0 radical (unpaired) electrons. The Balaban J connectivity index is 2.79. The number of nitrogens with one attached hydrogen (secondary N) is 1. The van der Waals surface area contributed by atoms with Crippen LogP contribution in [0.5, 0.6) is 5.75 Å². The minimum Gasteiger partial charge on any atom is -0.405 e. The van der Waals surface area contributed by atoms with Crippen LogP contribution in [0.15, 0.2) is 23.3 Å². The first-order chi connectivity index (χ1) is 8.28. The molecule has 0 saturated heterocycles. The molecule has 0 aliphatic carbocycles. The van der Waals surface area contributed by atoms with Gasteiger partial charge in [0.15, 0.2) is 5.11 Å². The van der Waals surface area contributed by atoms with Gasteiger partial charge in [0.1, 0.15) is 5.75 Å². The van der Waals surface area contributed by atoms with Gasteiger partial charge < -0.3 is 10.5 Å². The molecule has 1 aromatic carbocycles. The molecule has 1 rings (SSSR count). The molecule has 0 fully saturated rings. The third-order valence-electron chi connectivity index (χ3n) is 1.57. The smallest absolute Gasteiger partial charge is 0.405 e. The van der Waals surface area contributed by atoms with Crippen molar-refractivity contribution in [3.8, 4) is 5.75 Å². The normalized spacial score (nSPS) is 11.6. The van der Waals surface area contributed by atoms with Crippen LogP contribution in [0.4, 0.5) is 13.2 Å². The van der Waals surface area contributed by atoms with Crippen molar-refractivity contribution in [2.24, 2.45) is 10.8 Å². The summed E-state index contributed by atoms with van der Waals surface area (Å²) in [5.41, 5.74) is 8.05. The maximum absolute atomic E-state index is 12.0. The van der Waals surface area contributed by atoms with E-state index in [1.165, 1.54) is 24.4 Å². The lowest BCUT2D eigenvalue weighted by Gasteiger charge is -2.10. The number of thiocarbonyl (C=S) groups is 1. The Bertz CT molecular complexity index is 479. The number of halogens is 4. The Labute approximate surface area is 120 Å². The number of alkyl halides is 3. The summed E-state index contributed by atoms with van der Waals surface area (Å²) in [6.45, 7) is 0. The molecule has 0 atom stereocenters. The standard InChI is InChI=1S/C9H7F3IN3OS/c10-9(11,12)17-7-2-1-5(3-6(7)13)4-15-16-8(14)18/h1-4H,(H3,14,16,18). The molecule has 0 aliphatic rings. The Morgan fingerprint density at radius 3 is 2.67 bits per heavy atom. The van der Waals surface area contributed by atoms with Gasteiger partial charge in [-0.1, -0.05) is 0 Å². The van der Waals surface area contributed by atoms with E-state index in [0.717, 1.165) is 0 Å². The maximum Gasteiger partial charge on any atom is 0.573 e. The minimum atomic E-state index is -4.71. The quantitative estimate of drug-likeness (QED) is 0.361. The Hall–Kier alpha value is -1.10. The highest BCUT2D eigenvalue weighted by atomic mass is 127. The summed E-state index contributed by atoms with van der Waals surface area (Å²) in [4.78, 5) is 0. The van der Waals surface area contributed by atoms with Crippen molar-refractivity contribution in [3.63, 3.8) is 0 Å². The highest BCUT2D eigenvalue weighted by molar-refractivity contribution is 14.1. The zero-order chi connectivity index (χ0) is 13.8. The second-order valence-corrected chi connectivity index (χ2v) is 4.57. The van der Waals surface area contributed by atoms with Crippen molar-refractivity contribution in [1.29, 1.82) is 0 Å². The fourth-order valence-corrected chi connectivity index (χ4v) is 1.68. The monoisotopic (exact) mass is 389 g/mol. The lowest BCUT2D eigenvalue weighted by molar-refractivity contribution is -0.274. The van der Waals surface area contributed by atoms with E-state index in [9.17, 15) is 13.2 Å². The summed E-state index contributed by atoms with van der Waals surface area (Å²) in [6.07, 6.45) is -3.33. The van der Waals surface area contributed by atoms with Crippen LogP contribution >= 0.6 is 34.8 Å². The lowest BCUT2D eigenvalue weighted by Crippen LogP contribution is -2.24. The van der Waals surface area contributed by atoms with Gasteiger partial charge >= 0.3 is 6.36 Å². The van der Waals surface area contributed by atoms with Crippen molar-refractivity contribution in [3.05, 3.63) is 27.3 Å². The molecule has 0 saturated carbocycles. The van der Waals surface area contributed by atoms with Crippen LogP contribution in [0.2, 0.25) is 0 Å². The molecular formula is C9H7F3IN3OS. The van der Waals surface area contributed by atoms with Gasteiger partial charge in [0.05, 0.1) is 9.78 Å². The van der Waals surface area contributed by atoms with Gasteiger partial charge in [-0.05, 0) is 58.6 Å². The highest BCUT2D eigenvalue weighted by Crippen LogP contribution is 2.27. The topological polar surface area (TPSA) is 59.6 Å². The molecule has 3 N–H and O–H groups in total. The summed E-state index contributed by atoms with van der Waals surface area (Å²) in [5, 5.41) is 3.68. The van der Waals surface area contributed by atoms with Crippen LogP contribution in [0.1, 0.15) is 5.56 Å². The van der Waals surface area contributed by atoms with Crippen LogP contribution in [0.25, 0.3) is 0 Å². The number of hydrogen-bond donors (Lipinski definition) is 2. The molecule has 9 heteroatoms. The molecule has 0 bridgehead atoms. The zero-order valence-electron chi connectivity index (χ0n) is 8.66. The Morgan fingerprint density at radius 2 is 2.17 bits per heavy atom. The summed E-state index contributed by atoms with van der Waals surface area (Å²) < 4.78 is 40.2.